The number of urea groups is 1. The van der Waals surface area contributed by atoms with Crippen LogP contribution in [0.2, 0.25) is 10.0 Å². The number of imide groups is 1. The summed E-state index contributed by atoms with van der Waals surface area (Å²) in [5.41, 5.74) is -5.04. The molecule has 0 spiro atoms. The van der Waals surface area contributed by atoms with E-state index in [9.17, 15) is 22.8 Å². The molecule has 1 unspecified atom stereocenters. The number of carbonyl (C=O) groups excluding carboxylic acids is 2. The smallest absolute Gasteiger partial charge is 0.323 e. The van der Waals surface area contributed by atoms with Crippen molar-refractivity contribution < 1.29 is 22.8 Å². The van der Waals surface area contributed by atoms with Gasteiger partial charge in [0.25, 0.3) is 5.91 Å². The van der Waals surface area contributed by atoms with Gasteiger partial charge in [-0.1, -0.05) is 35.3 Å². The molecule has 1 heterocycles. The first-order chi connectivity index (χ1) is 13.0. The van der Waals surface area contributed by atoms with Crippen molar-refractivity contribution in [2.75, 3.05) is 4.90 Å². The van der Waals surface area contributed by atoms with Crippen LogP contribution in [0.4, 0.5) is 23.7 Å². The number of thioether (sulfide) groups is 1. The molecular weight excluding hydrogens is 436 g/mol. The third-order valence-electron chi connectivity index (χ3n) is 4.06. The third kappa shape index (κ3) is 4.56. The van der Waals surface area contributed by atoms with Crippen LogP contribution in [-0.2, 0) is 11.2 Å². The van der Waals surface area contributed by atoms with Crippen LogP contribution < -0.4 is 10.2 Å². The van der Waals surface area contributed by atoms with Crippen molar-refractivity contribution in [3.63, 3.8) is 0 Å². The van der Waals surface area contributed by atoms with Crippen molar-refractivity contribution in [3.8, 4) is 0 Å². The zero-order valence-corrected chi connectivity index (χ0v) is 16.6. The fourth-order valence-electron chi connectivity index (χ4n) is 2.97. The first-order valence-electron chi connectivity index (χ1n) is 7.94. The molecule has 1 aliphatic heterocycles. The Balaban J connectivity index is 1.86. The minimum Gasteiger partial charge on any atom is -0.323 e. The monoisotopic (exact) mass is 448 g/mol. The molecule has 2 aromatic rings. The molecule has 10 heteroatoms. The second kappa shape index (κ2) is 7.50. The molecule has 0 bridgehead atoms. The van der Waals surface area contributed by atoms with Crippen molar-refractivity contribution in [1.82, 2.24) is 5.32 Å². The van der Waals surface area contributed by atoms with Gasteiger partial charge in [-0.15, -0.1) is 0 Å². The van der Waals surface area contributed by atoms with Crippen LogP contribution >= 0.6 is 35.0 Å². The Hall–Kier alpha value is -1.90. The zero-order chi connectivity index (χ0) is 20.7. The highest BCUT2D eigenvalue weighted by Gasteiger charge is 2.48. The van der Waals surface area contributed by atoms with E-state index in [-0.39, 0.29) is 38.8 Å². The summed E-state index contributed by atoms with van der Waals surface area (Å²) in [6, 6.07) is 9.42. The molecule has 1 aliphatic rings. The molecule has 1 atom stereocenters. The Bertz CT molecular complexity index is 934. The standard InChI is InChI=1S/C18H13Cl2F3N2O2S/c1-17(9-10-3-2-4-14(5-10)28-18(21,22)23)15(26)25(16(27)24-17)13-7-11(19)6-12(20)8-13/h2-8H,9H2,1H3,(H,24,27). The summed E-state index contributed by atoms with van der Waals surface area (Å²) in [6.45, 7) is 1.52. The summed E-state index contributed by atoms with van der Waals surface area (Å²) in [5, 5.41) is 3.12. The molecule has 2 aromatic carbocycles. The van der Waals surface area contributed by atoms with Crippen LogP contribution in [-0.4, -0.2) is 23.0 Å². The highest BCUT2D eigenvalue weighted by atomic mass is 35.5. The lowest BCUT2D eigenvalue weighted by molar-refractivity contribution is -0.121. The van der Waals surface area contributed by atoms with Crippen molar-refractivity contribution in [3.05, 3.63) is 58.1 Å². The normalized spacial score (nSPS) is 19.9. The van der Waals surface area contributed by atoms with Gasteiger partial charge >= 0.3 is 11.5 Å². The first kappa shape index (κ1) is 20.8. The van der Waals surface area contributed by atoms with Crippen LogP contribution in [0, 0.1) is 0 Å². The maximum atomic E-state index is 13.0. The van der Waals surface area contributed by atoms with Crippen molar-refractivity contribution >= 4 is 52.6 Å². The minimum atomic E-state index is -4.41. The summed E-state index contributed by atoms with van der Waals surface area (Å²) in [5.74, 6) is -0.551. The maximum Gasteiger partial charge on any atom is 0.446 e. The topological polar surface area (TPSA) is 49.4 Å². The van der Waals surface area contributed by atoms with E-state index in [2.05, 4.69) is 5.32 Å². The van der Waals surface area contributed by atoms with Crippen molar-refractivity contribution in [2.24, 2.45) is 0 Å². The number of nitrogens with zero attached hydrogens (tertiary/aromatic N) is 1. The molecule has 0 radical (unpaired) electrons. The Labute approximate surface area is 173 Å². The number of hydrogen-bond donors (Lipinski definition) is 1. The molecule has 4 nitrogen and oxygen atoms in total. The molecule has 1 saturated heterocycles. The maximum absolute atomic E-state index is 13.0. The molecule has 3 rings (SSSR count). The summed E-state index contributed by atoms with van der Waals surface area (Å²) in [7, 11) is 0. The number of nitrogens with one attached hydrogen (secondary N) is 1. The summed E-state index contributed by atoms with van der Waals surface area (Å²) in [6.07, 6.45) is 0.0224. The van der Waals surface area contributed by atoms with E-state index in [1.54, 1.807) is 6.07 Å². The van der Waals surface area contributed by atoms with Gasteiger partial charge in [0.15, 0.2) is 0 Å². The van der Waals surface area contributed by atoms with Gasteiger partial charge in [0.1, 0.15) is 5.54 Å². The SMILES string of the molecule is CC1(Cc2cccc(SC(F)(F)F)c2)NC(=O)N(c2cc(Cl)cc(Cl)c2)C1=O. The fourth-order valence-corrected chi connectivity index (χ4v) is 4.11. The Kier molecular flexibility index (Phi) is 5.58. The number of rotatable bonds is 4. The molecule has 28 heavy (non-hydrogen) atoms. The van der Waals surface area contributed by atoms with Gasteiger partial charge < -0.3 is 5.32 Å². The number of benzene rings is 2. The number of anilines is 1. The number of hydrogen-bond acceptors (Lipinski definition) is 3. The quantitative estimate of drug-likeness (QED) is 0.484. The van der Waals surface area contributed by atoms with E-state index >= 15 is 0 Å². The van der Waals surface area contributed by atoms with Gasteiger partial charge in [-0.3, -0.25) is 4.79 Å². The molecule has 148 valence electrons. The molecular formula is C18H13Cl2F3N2O2S. The minimum absolute atomic E-state index is 0.00357. The third-order valence-corrected chi connectivity index (χ3v) is 5.21. The molecule has 3 amide bonds. The lowest BCUT2D eigenvalue weighted by atomic mass is 9.93. The number of halogens is 5. The number of amides is 3. The van der Waals surface area contributed by atoms with E-state index in [1.165, 1.54) is 43.3 Å². The van der Waals surface area contributed by atoms with Crippen molar-refractivity contribution in [1.29, 1.82) is 0 Å². The van der Waals surface area contributed by atoms with Gasteiger partial charge in [-0.05, 0) is 54.6 Å². The predicted octanol–water partition coefficient (Wildman–Crippen LogP) is 5.66. The zero-order valence-electron chi connectivity index (χ0n) is 14.3. The second-order valence-electron chi connectivity index (χ2n) is 6.40. The fraction of sp³-hybridized carbons (Fsp3) is 0.222. The summed E-state index contributed by atoms with van der Waals surface area (Å²) < 4.78 is 37.8. The van der Waals surface area contributed by atoms with Crippen molar-refractivity contribution in [2.45, 2.75) is 29.3 Å². The van der Waals surface area contributed by atoms with Crippen LogP contribution in [0.5, 0.6) is 0 Å². The molecule has 1 N–H and O–H groups in total. The summed E-state index contributed by atoms with van der Waals surface area (Å²) in [4.78, 5) is 26.3. The number of alkyl halides is 3. The average molecular weight is 449 g/mol. The lowest BCUT2D eigenvalue weighted by Crippen LogP contribution is -2.46. The predicted molar refractivity (Wildman–Crippen MR) is 103 cm³/mol. The van der Waals surface area contributed by atoms with Gasteiger partial charge in [-0.2, -0.15) is 13.2 Å². The molecule has 0 saturated carbocycles. The van der Waals surface area contributed by atoms with E-state index < -0.39 is 23.0 Å². The van der Waals surface area contributed by atoms with E-state index in [4.69, 9.17) is 23.2 Å². The lowest BCUT2D eigenvalue weighted by Gasteiger charge is -2.22. The average Bonchev–Trinajstić information content (AvgIpc) is 2.74. The van der Waals surface area contributed by atoms with Gasteiger partial charge in [-0.25, -0.2) is 9.69 Å². The van der Waals surface area contributed by atoms with Crippen LogP contribution in [0.25, 0.3) is 0 Å². The van der Waals surface area contributed by atoms with Crippen LogP contribution in [0.3, 0.4) is 0 Å². The van der Waals surface area contributed by atoms with Crippen LogP contribution in [0.15, 0.2) is 47.4 Å². The Morgan fingerprint density at radius 1 is 1.11 bits per heavy atom. The summed E-state index contributed by atoms with van der Waals surface area (Å²) >= 11 is 11.7. The van der Waals surface area contributed by atoms with E-state index in [0.717, 1.165) is 4.90 Å². The Morgan fingerprint density at radius 3 is 2.36 bits per heavy atom. The number of carbonyl (C=O) groups is 2. The molecule has 0 aromatic heterocycles. The van der Waals surface area contributed by atoms with Crippen LogP contribution in [0.1, 0.15) is 12.5 Å². The van der Waals surface area contributed by atoms with Gasteiger partial charge in [0.2, 0.25) is 0 Å². The highest BCUT2D eigenvalue weighted by molar-refractivity contribution is 8.00. The highest BCUT2D eigenvalue weighted by Crippen LogP contribution is 2.38. The van der Waals surface area contributed by atoms with Gasteiger partial charge in [0, 0.05) is 21.4 Å². The first-order valence-corrected chi connectivity index (χ1v) is 9.52. The molecule has 1 fully saturated rings. The largest absolute Gasteiger partial charge is 0.446 e. The molecule has 0 aliphatic carbocycles. The second-order valence-corrected chi connectivity index (χ2v) is 8.41. The van der Waals surface area contributed by atoms with E-state index in [0.29, 0.717) is 5.56 Å². The van der Waals surface area contributed by atoms with Gasteiger partial charge in [0.05, 0.1) is 5.69 Å². The Morgan fingerprint density at radius 2 is 1.75 bits per heavy atom. The van der Waals surface area contributed by atoms with E-state index in [1.807, 2.05) is 0 Å².